The molecule has 0 bridgehead atoms. The van der Waals surface area contributed by atoms with E-state index < -0.39 is 0 Å². The number of rotatable bonds is 4. The molecule has 18 heavy (non-hydrogen) atoms. The van der Waals surface area contributed by atoms with Gasteiger partial charge in [0, 0.05) is 16.9 Å². The van der Waals surface area contributed by atoms with Crippen LogP contribution in [0.1, 0.15) is 6.92 Å². The molecule has 1 atom stereocenters. The van der Waals surface area contributed by atoms with Crippen LogP contribution in [0.4, 0.5) is 0 Å². The Morgan fingerprint density at radius 1 is 1.28 bits per heavy atom. The van der Waals surface area contributed by atoms with E-state index in [1.54, 1.807) is 6.07 Å². The maximum absolute atomic E-state index is 9.05. The van der Waals surface area contributed by atoms with Crippen LogP contribution < -0.4 is 0 Å². The predicted molar refractivity (Wildman–Crippen MR) is 74.9 cm³/mol. The molecule has 0 spiro atoms. The highest BCUT2D eigenvalue weighted by atomic mass is 35.5. The SMILES string of the molecule is CC(CO)Sc1cc(Cl)nc(-c2ccccc2)n1. The van der Waals surface area contributed by atoms with Gasteiger partial charge >= 0.3 is 0 Å². The minimum atomic E-state index is 0.0830. The van der Waals surface area contributed by atoms with Gasteiger partial charge in [0.15, 0.2) is 5.82 Å². The minimum Gasteiger partial charge on any atom is -0.395 e. The zero-order chi connectivity index (χ0) is 13.0. The number of aromatic nitrogens is 2. The number of hydrogen-bond acceptors (Lipinski definition) is 4. The van der Waals surface area contributed by atoms with Gasteiger partial charge in [0.25, 0.3) is 0 Å². The zero-order valence-corrected chi connectivity index (χ0v) is 11.4. The van der Waals surface area contributed by atoms with Crippen LogP contribution in [-0.4, -0.2) is 26.9 Å². The molecule has 94 valence electrons. The molecule has 1 unspecified atom stereocenters. The van der Waals surface area contributed by atoms with Gasteiger partial charge in [-0.05, 0) is 0 Å². The van der Waals surface area contributed by atoms with E-state index in [1.165, 1.54) is 11.8 Å². The molecule has 1 N–H and O–H groups in total. The standard InChI is InChI=1S/C13H13ClN2OS/c1-9(8-17)18-12-7-11(14)15-13(16-12)10-5-3-2-4-6-10/h2-7,9,17H,8H2,1H3. The summed E-state index contributed by atoms with van der Waals surface area (Å²) in [6.07, 6.45) is 0. The Balaban J connectivity index is 2.32. The Hall–Kier alpha value is -1.10. The number of thioether (sulfide) groups is 1. The van der Waals surface area contributed by atoms with Crippen LogP contribution in [0.5, 0.6) is 0 Å². The molecule has 2 rings (SSSR count). The average Bonchev–Trinajstić information content (AvgIpc) is 2.39. The molecule has 1 aromatic carbocycles. The average molecular weight is 281 g/mol. The number of aliphatic hydroxyl groups is 1. The van der Waals surface area contributed by atoms with Crippen LogP contribution in [-0.2, 0) is 0 Å². The van der Waals surface area contributed by atoms with Gasteiger partial charge in [0.1, 0.15) is 10.2 Å². The van der Waals surface area contributed by atoms with Crippen LogP contribution in [0.25, 0.3) is 11.4 Å². The molecule has 0 radical (unpaired) electrons. The molecule has 0 saturated heterocycles. The Morgan fingerprint density at radius 2 is 2.00 bits per heavy atom. The van der Waals surface area contributed by atoms with Crippen molar-refractivity contribution in [2.24, 2.45) is 0 Å². The maximum atomic E-state index is 9.05. The molecule has 0 aliphatic rings. The molecule has 1 aromatic heterocycles. The van der Waals surface area contributed by atoms with E-state index in [0.717, 1.165) is 10.6 Å². The molecule has 0 fully saturated rings. The van der Waals surface area contributed by atoms with E-state index in [-0.39, 0.29) is 11.9 Å². The molecular weight excluding hydrogens is 268 g/mol. The number of nitrogens with zero attached hydrogens (tertiary/aromatic N) is 2. The fraction of sp³-hybridized carbons (Fsp3) is 0.231. The maximum Gasteiger partial charge on any atom is 0.162 e. The number of aliphatic hydroxyl groups excluding tert-OH is 1. The highest BCUT2D eigenvalue weighted by Crippen LogP contribution is 2.26. The van der Waals surface area contributed by atoms with Crippen LogP contribution >= 0.6 is 23.4 Å². The fourth-order valence-electron chi connectivity index (χ4n) is 1.42. The summed E-state index contributed by atoms with van der Waals surface area (Å²) in [6, 6.07) is 11.4. The normalized spacial score (nSPS) is 12.4. The van der Waals surface area contributed by atoms with E-state index >= 15 is 0 Å². The second kappa shape index (κ2) is 6.18. The summed E-state index contributed by atoms with van der Waals surface area (Å²) in [6.45, 7) is 2.04. The van der Waals surface area contributed by atoms with E-state index in [2.05, 4.69) is 9.97 Å². The van der Waals surface area contributed by atoms with Crippen molar-refractivity contribution in [3.63, 3.8) is 0 Å². The van der Waals surface area contributed by atoms with Crippen LogP contribution in [0, 0.1) is 0 Å². The lowest BCUT2D eigenvalue weighted by Gasteiger charge is -2.08. The topological polar surface area (TPSA) is 46.0 Å². The van der Waals surface area contributed by atoms with Crippen molar-refractivity contribution < 1.29 is 5.11 Å². The zero-order valence-electron chi connectivity index (χ0n) is 9.88. The third-order valence-corrected chi connectivity index (χ3v) is 3.48. The van der Waals surface area contributed by atoms with E-state index in [1.807, 2.05) is 37.3 Å². The Bertz CT molecular complexity index is 522. The summed E-state index contributed by atoms with van der Waals surface area (Å²) < 4.78 is 0. The van der Waals surface area contributed by atoms with E-state index in [9.17, 15) is 0 Å². The minimum absolute atomic E-state index is 0.0830. The lowest BCUT2D eigenvalue weighted by molar-refractivity contribution is 0.300. The molecule has 0 amide bonds. The number of hydrogen-bond donors (Lipinski definition) is 1. The van der Waals surface area contributed by atoms with Crippen LogP contribution in [0.15, 0.2) is 41.4 Å². The lowest BCUT2D eigenvalue weighted by atomic mass is 10.2. The summed E-state index contributed by atoms with van der Waals surface area (Å²) in [7, 11) is 0. The van der Waals surface area contributed by atoms with Crippen molar-refractivity contribution in [3.8, 4) is 11.4 Å². The van der Waals surface area contributed by atoms with Gasteiger partial charge in [-0.25, -0.2) is 9.97 Å². The molecule has 2 aromatic rings. The second-order valence-electron chi connectivity index (χ2n) is 3.83. The third kappa shape index (κ3) is 3.45. The first-order valence-corrected chi connectivity index (χ1v) is 6.82. The van der Waals surface area contributed by atoms with Crippen LogP contribution in [0.3, 0.4) is 0 Å². The molecule has 0 aliphatic heterocycles. The molecule has 3 nitrogen and oxygen atoms in total. The van der Waals surface area contributed by atoms with E-state index in [4.69, 9.17) is 16.7 Å². The van der Waals surface area contributed by atoms with Crippen molar-refractivity contribution in [1.29, 1.82) is 0 Å². The van der Waals surface area contributed by atoms with Gasteiger partial charge in [-0.1, -0.05) is 48.9 Å². The molecule has 0 aliphatic carbocycles. The first-order valence-electron chi connectivity index (χ1n) is 5.56. The summed E-state index contributed by atoms with van der Waals surface area (Å²) in [4.78, 5) is 8.66. The Kier molecular flexibility index (Phi) is 4.58. The molecular formula is C13H13ClN2OS. The monoisotopic (exact) mass is 280 g/mol. The van der Waals surface area contributed by atoms with Gasteiger partial charge in [0.2, 0.25) is 0 Å². The lowest BCUT2D eigenvalue weighted by Crippen LogP contribution is -2.03. The number of benzene rings is 1. The first-order chi connectivity index (χ1) is 8.69. The van der Waals surface area contributed by atoms with Gasteiger partial charge < -0.3 is 5.11 Å². The first kappa shape index (κ1) is 13.3. The summed E-state index contributed by atoms with van der Waals surface area (Å²) in [5.41, 5.74) is 0.929. The van der Waals surface area contributed by atoms with Gasteiger partial charge in [-0.15, -0.1) is 11.8 Å². The van der Waals surface area contributed by atoms with Gasteiger partial charge in [-0.3, -0.25) is 0 Å². The van der Waals surface area contributed by atoms with Crippen LogP contribution in [0.2, 0.25) is 5.15 Å². The van der Waals surface area contributed by atoms with Crippen molar-refractivity contribution in [2.75, 3.05) is 6.61 Å². The van der Waals surface area contributed by atoms with Gasteiger partial charge in [-0.2, -0.15) is 0 Å². The summed E-state index contributed by atoms with van der Waals surface area (Å²) in [5.74, 6) is 0.607. The van der Waals surface area contributed by atoms with Crippen molar-refractivity contribution in [3.05, 3.63) is 41.6 Å². The van der Waals surface area contributed by atoms with Crippen molar-refractivity contribution in [2.45, 2.75) is 17.2 Å². The molecule has 1 heterocycles. The Labute approximate surface area is 115 Å². The summed E-state index contributed by atoms with van der Waals surface area (Å²) >= 11 is 7.48. The predicted octanol–water partition coefficient (Wildman–Crippen LogP) is 3.27. The third-order valence-electron chi connectivity index (χ3n) is 2.28. The smallest absolute Gasteiger partial charge is 0.162 e. The fourth-order valence-corrected chi connectivity index (χ4v) is 2.47. The highest BCUT2D eigenvalue weighted by molar-refractivity contribution is 7.99. The van der Waals surface area contributed by atoms with Crippen molar-refractivity contribution >= 4 is 23.4 Å². The largest absolute Gasteiger partial charge is 0.395 e. The van der Waals surface area contributed by atoms with E-state index in [0.29, 0.717) is 11.0 Å². The Morgan fingerprint density at radius 3 is 2.67 bits per heavy atom. The second-order valence-corrected chi connectivity index (χ2v) is 5.68. The molecule has 0 saturated carbocycles. The number of halogens is 1. The van der Waals surface area contributed by atoms with Gasteiger partial charge in [0.05, 0.1) is 6.61 Å². The summed E-state index contributed by atoms with van der Waals surface area (Å²) in [5, 5.41) is 10.3. The molecule has 5 heteroatoms. The van der Waals surface area contributed by atoms with Crippen molar-refractivity contribution in [1.82, 2.24) is 9.97 Å². The highest BCUT2D eigenvalue weighted by Gasteiger charge is 2.09. The quantitative estimate of drug-likeness (QED) is 0.690.